The summed E-state index contributed by atoms with van der Waals surface area (Å²) in [6, 6.07) is 2.67. The summed E-state index contributed by atoms with van der Waals surface area (Å²) >= 11 is 0. The lowest BCUT2D eigenvalue weighted by Gasteiger charge is -2.20. The zero-order valence-corrected chi connectivity index (χ0v) is 11.9. The van der Waals surface area contributed by atoms with E-state index in [-0.39, 0.29) is 30.2 Å². The fourth-order valence-corrected chi connectivity index (χ4v) is 1.87. The molecule has 0 spiro atoms. The molecule has 8 heteroatoms. The Morgan fingerprint density at radius 3 is 2.86 bits per heavy atom. The topological polar surface area (TPSA) is 120 Å². The highest BCUT2D eigenvalue weighted by molar-refractivity contribution is 5.96. The number of nitro groups is 1. The van der Waals surface area contributed by atoms with Gasteiger partial charge in [0.05, 0.1) is 16.7 Å². The summed E-state index contributed by atoms with van der Waals surface area (Å²) in [5, 5.41) is 16.7. The number of carbonyl (C=O) groups excluding carboxylic acids is 1. The molecule has 0 radical (unpaired) electrons. The number of anilines is 2. The Morgan fingerprint density at radius 2 is 2.24 bits per heavy atom. The lowest BCUT2D eigenvalue weighted by atomic mass is 10.1. The third kappa shape index (κ3) is 3.40. The molecule has 1 heterocycles. The molecule has 1 aromatic carbocycles. The SMILES string of the molecule is CC(C)C(N)CNc1cc2c(cc1[N+](=O)[O-])OCC(=O)N2. The fraction of sp³-hybridized carbons (Fsp3) is 0.462. The van der Waals surface area contributed by atoms with Gasteiger partial charge in [-0.05, 0) is 12.0 Å². The van der Waals surface area contributed by atoms with E-state index in [1.165, 1.54) is 12.1 Å². The van der Waals surface area contributed by atoms with Gasteiger partial charge < -0.3 is 21.1 Å². The molecular formula is C13H18N4O4. The number of fused-ring (bicyclic) bond motifs is 1. The molecule has 0 aromatic heterocycles. The van der Waals surface area contributed by atoms with E-state index in [9.17, 15) is 14.9 Å². The van der Waals surface area contributed by atoms with Crippen molar-refractivity contribution in [2.24, 2.45) is 11.7 Å². The first-order valence-corrected chi connectivity index (χ1v) is 6.63. The highest BCUT2D eigenvalue weighted by Gasteiger charge is 2.24. The lowest BCUT2D eigenvalue weighted by Crippen LogP contribution is -2.34. The maximum absolute atomic E-state index is 11.3. The summed E-state index contributed by atoms with van der Waals surface area (Å²) < 4.78 is 5.18. The molecule has 8 nitrogen and oxygen atoms in total. The summed E-state index contributed by atoms with van der Waals surface area (Å²) in [6.07, 6.45) is 0. The smallest absolute Gasteiger partial charge is 0.296 e. The minimum Gasteiger partial charge on any atom is -0.481 e. The second-order valence-electron chi connectivity index (χ2n) is 5.25. The molecule has 0 aliphatic carbocycles. The Morgan fingerprint density at radius 1 is 1.52 bits per heavy atom. The van der Waals surface area contributed by atoms with E-state index in [1.54, 1.807) is 0 Å². The molecule has 1 unspecified atom stereocenters. The van der Waals surface area contributed by atoms with Crippen molar-refractivity contribution in [2.45, 2.75) is 19.9 Å². The first kappa shape index (κ1) is 15.0. The average Bonchev–Trinajstić information content (AvgIpc) is 2.43. The van der Waals surface area contributed by atoms with Crippen LogP contribution in [0.5, 0.6) is 5.75 Å². The second kappa shape index (κ2) is 5.96. The van der Waals surface area contributed by atoms with Gasteiger partial charge in [0.2, 0.25) is 0 Å². The Balaban J connectivity index is 2.28. The zero-order valence-electron chi connectivity index (χ0n) is 11.9. The molecule has 0 bridgehead atoms. The minimum atomic E-state index is -0.497. The van der Waals surface area contributed by atoms with Crippen molar-refractivity contribution in [3.63, 3.8) is 0 Å². The quantitative estimate of drug-likeness (QED) is 0.556. The minimum absolute atomic E-state index is 0.110. The van der Waals surface area contributed by atoms with Crippen molar-refractivity contribution in [3.8, 4) is 5.75 Å². The van der Waals surface area contributed by atoms with E-state index in [0.29, 0.717) is 23.7 Å². The standard InChI is InChI=1S/C13H18N4O4/c1-7(2)8(14)5-15-9-3-10-12(4-11(9)17(19)20)21-6-13(18)16-10/h3-4,7-8,15H,5-6,14H2,1-2H3,(H,16,18). The third-order valence-corrected chi connectivity index (χ3v) is 3.31. The first-order chi connectivity index (χ1) is 9.88. The highest BCUT2D eigenvalue weighted by atomic mass is 16.6. The highest BCUT2D eigenvalue weighted by Crippen LogP contribution is 2.37. The van der Waals surface area contributed by atoms with Gasteiger partial charge in [-0.1, -0.05) is 13.8 Å². The van der Waals surface area contributed by atoms with Gasteiger partial charge in [-0.2, -0.15) is 0 Å². The van der Waals surface area contributed by atoms with Crippen molar-refractivity contribution in [1.82, 2.24) is 0 Å². The Labute approximate surface area is 121 Å². The maximum Gasteiger partial charge on any atom is 0.296 e. The Hall–Kier alpha value is -2.35. The van der Waals surface area contributed by atoms with E-state index in [2.05, 4.69) is 10.6 Å². The summed E-state index contributed by atoms with van der Waals surface area (Å²) in [6.45, 7) is 4.20. The number of nitrogens with zero attached hydrogens (tertiary/aromatic N) is 1. The predicted octanol–water partition coefficient (Wildman–Crippen LogP) is 1.32. The predicted molar refractivity (Wildman–Crippen MR) is 78.5 cm³/mol. The van der Waals surface area contributed by atoms with Crippen LogP contribution in [-0.4, -0.2) is 30.0 Å². The fourth-order valence-electron chi connectivity index (χ4n) is 1.87. The molecule has 1 atom stereocenters. The van der Waals surface area contributed by atoms with Crippen molar-refractivity contribution < 1.29 is 14.5 Å². The van der Waals surface area contributed by atoms with Crippen LogP contribution in [0.25, 0.3) is 0 Å². The van der Waals surface area contributed by atoms with Gasteiger partial charge in [0.1, 0.15) is 5.69 Å². The molecular weight excluding hydrogens is 276 g/mol. The summed E-state index contributed by atoms with van der Waals surface area (Å²) in [7, 11) is 0. The molecule has 0 fully saturated rings. The number of nitrogens with one attached hydrogen (secondary N) is 2. The number of benzene rings is 1. The van der Waals surface area contributed by atoms with Crippen LogP contribution in [0, 0.1) is 16.0 Å². The van der Waals surface area contributed by atoms with Crippen molar-refractivity contribution in [1.29, 1.82) is 0 Å². The molecule has 0 saturated carbocycles. The van der Waals surface area contributed by atoms with Crippen LogP contribution >= 0.6 is 0 Å². The molecule has 114 valence electrons. The van der Waals surface area contributed by atoms with E-state index < -0.39 is 4.92 Å². The third-order valence-electron chi connectivity index (χ3n) is 3.31. The van der Waals surface area contributed by atoms with Crippen molar-refractivity contribution >= 4 is 23.0 Å². The Kier molecular flexibility index (Phi) is 4.27. The number of amides is 1. The van der Waals surface area contributed by atoms with Gasteiger partial charge in [0, 0.05) is 12.6 Å². The number of hydrogen-bond acceptors (Lipinski definition) is 6. The molecule has 4 N–H and O–H groups in total. The number of ether oxygens (including phenoxy) is 1. The van der Waals surface area contributed by atoms with Crippen LogP contribution in [0.1, 0.15) is 13.8 Å². The van der Waals surface area contributed by atoms with Crippen LogP contribution in [0.2, 0.25) is 0 Å². The molecule has 0 saturated heterocycles. The summed E-state index contributed by atoms with van der Waals surface area (Å²) in [4.78, 5) is 21.9. The Bertz CT molecular complexity index is 574. The maximum atomic E-state index is 11.3. The van der Waals surface area contributed by atoms with E-state index in [4.69, 9.17) is 10.5 Å². The summed E-state index contributed by atoms with van der Waals surface area (Å²) in [5.41, 5.74) is 6.53. The van der Waals surface area contributed by atoms with E-state index in [0.717, 1.165) is 0 Å². The van der Waals surface area contributed by atoms with E-state index in [1.807, 2.05) is 13.8 Å². The molecule has 1 amide bonds. The zero-order chi connectivity index (χ0) is 15.6. The largest absolute Gasteiger partial charge is 0.481 e. The lowest BCUT2D eigenvalue weighted by molar-refractivity contribution is -0.384. The van der Waals surface area contributed by atoms with Crippen molar-refractivity contribution in [3.05, 3.63) is 22.2 Å². The number of nitro benzene ring substituents is 1. The van der Waals surface area contributed by atoms with Gasteiger partial charge in [0.25, 0.3) is 11.6 Å². The van der Waals surface area contributed by atoms with Crippen LogP contribution in [0.15, 0.2) is 12.1 Å². The normalized spacial score (nSPS) is 15.0. The van der Waals surface area contributed by atoms with Gasteiger partial charge in [0.15, 0.2) is 12.4 Å². The van der Waals surface area contributed by atoms with Crippen molar-refractivity contribution in [2.75, 3.05) is 23.8 Å². The number of rotatable bonds is 5. The van der Waals surface area contributed by atoms with Gasteiger partial charge in [-0.15, -0.1) is 0 Å². The van der Waals surface area contributed by atoms with Gasteiger partial charge in [-0.3, -0.25) is 14.9 Å². The summed E-state index contributed by atoms with van der Waals surface area (Å²) in [5.74, 6) is 0.249. The van der Waals surface area contributed by atoms with E-state index >= 15 is 0 Å². The number of nitrogens with two attached hydrogens (primary N) is 1. The van der Waals surface area contributed by atoms with Crippen LogP contribution in [-0.2, 0) is 4.79 Å². The van der Waals surface area contributed by atoms with Crippen LogP contribution in [0.4, 0.5) is 17.1 Å². The number of carbonyl (C=O) groups is 1. The average molecular weight is 294 g/mol. The van der Waals surface area contributed by atoms with Gasteiger partial charge >= 0.3 is 0 Å². The molecule has 2 rings (SSSR count). The van der Waals surface area contributed by atoms with Gasteiger partial charge in [-0.25, -0.2) is 0 Å². The molecule has 1 aliphatic rings. The number of hydrogen-bond donors (Lipinski definition) is 3. The first-order valence-electron chi connectivity index (χ1n) is 6.63. The van der Waals surface area contributed by atoms with Crippen LogP contribution in [0.3, 0.4) is 0 Å². The monoisotopic (exact) mass is 294 g/mol. The molecule has 1 aliphatic heterocycles. The van der Waals surface area contributed by atoms with Crippen LogP contribution < -0.4 is 21.1 Å². The molecule has 21 heavy (non-hydrogen) atoms. The molecule has 1 aromatic rings. The second-order valence-corrected chi connectivity index (χ2v) is 5.25.